The van der Waals surface area contributed by atoms with Gasteiger partial charge in [0, 0.05) is 17.2 Å². The van der Waals surface area contributed by atoms with Crippen LogP contribution in [0.3, 0.4) is 0 Å². The number of imidazole rings is 1. The standard InChI is InChI=1S/C13H15BrClN3/c1-7-3-9(7)6-18-12(8(2)15)17-11-4-10(14)5-16-13(11)18/h4-5,7-9H,3,6H2,1-2H3. The molecule has 1 aliphatic rings. The normalized spacial score (nSPS) is 24.4. The lowest BCUT2D eigenvalue weighted by Crippen LogP contribution is -2.07. The summed E-state index contributed by atoms with van der Waals surface area (Å²) in [6.45, 7) is 5.24. The molecule has 0 N–H and O–H groups in total. The van der Waals surface area contributed by atoms with Gasteiger partial charge in [0.1, 0.15) is 11.3 Å². The average molecular weight is 329 g/mol. The van der Waals surface area contributed by atoms with Gasteiger partial charge in [0.15, 0.2) is 5.65 Å². The number of halogens is 2. The second-order valence-corrected chi connectivity index (χ2v) is 6.74. The van der Waals surface area contributed by atoms with Crippen LogP contribution in [-0.2, 0) is 6.54 Å². The zero-order valence-corrected chi connectivity index (χ0v) is 12.7. The average Bonchev–Trinajstić information content (AvgIpc) is 2.87. The third kappa shape index (κ3) is 2.16. The van der Waals surface area contributed by atoms with E-state index < -0.39 is 0 Å². The Morgan fingerprint density at radius 3 is 2.94 bits per heavy atom. The van der Waals surface area contributed by atoms with E-state index in [2.05, 4.69) is 37.4 Å². The van der Waals surface area contributed by atoms with Gasteiger partial charge in [-0.05, 0) is 47.2 Å². The molecule has 1 saturated carbocycles. The summed E-state index contributed by atoms with van der Waals surface area (Å²) in [5.41, 5.74) is 1.86. The summed E-state index contributed by atoms with van der Waals surface area (Å²) >= 11 is 9.67. The van der Waals surface area contributed by atoms with E-state index >= 15 is 0 Å². The van der Waals surface area contributed by atoms with Crippen LogP contribution >= 0.6 is 27.5 Å². The smallest absolute Gasteiger partial charge is 0.160 e. The predicted octanol–water partition coefficient (Wildman–Crippen LogP) is 4.15. The van der Waals surface area contributed by atoms with Gasteiger partial charge in [-0.25, -0.2) is 9.97 Å². The van der Waals surface area contributed by atoms with Crippen LogP contribution in [0.25, 0.3) is 11.2 Å². The molecule has 1 fully saturated rings. The van der Waals surface area contributed by atoms with E-state index in [9.17, 15) is 0 Å². The van der Waals surface area contributed by atoms with Crippen LogP contribution in [0.15, 0.2) is 16.7 Å². The molecule has 3 atom stereocenters. The molecule has 0 bridgehead atoms. The second-order valence-electron chi connectivity index (χ2n) is 5.17. The van der Waals surface area contributed by atoms with Crippen molar-refractivity contribution < 1.29 is 0 Å². The molecule has 2 aromatic heterocycles. The van der Waals surface area contributed by atoms with Crippen molar-refractivity contribution in [3.63, 3.8) is 0 Å². The summed E-state index contributed by atoms with van der Waals surface area (Å²) in [4.78, 5) is 9.10. The van der Waals surface area contributed by atoms with Crippen LogP contribution in [0.4, 0.5) is 0 Å². The summed E-state index contributed by atoms with van der Waals surface area (Å²) in [6, 6.07) is 2.00. The molecule has 18 heavy (non-hydrogen) atoms. The maximum atomic E-state index is 6.24. The van der Waals surface area contributed by atoms with Crippen molar-refractivity contribution in [1.29, 1.82) is 0 Å². The lowest BCUT2D eigenvalue weighted by molar-refractivity contribution is 0.578. The number of fused-ring (bicyclic) bond motifs is 1. The number of hydrogen-bond acceptors (Lipinski definition) is 2. The van der Waals surface area contributed by atoms with Crippen molar-refractivity contribution in [1.82, 2.24) is 14.5 Å². The minimum atomic E-state index is -0.0907. The van der Waals surface area contributed by atoms with Crippen LogP contribution in [0.2, 0.25) is 0 Å². The predicted molar refractivity (Wildman–Crippen MR) is 76.8 cm³/mol. The Bertz CT molecular complexity index is 593. The van der Waals surface area contributed by atoms with E-state index in [1.165, 1.54) is 6.42 Å². The Labute approximate surface area is 120 Å². The molecule has 0 amide bonds. The molecular formula is C13H15BrClN3. The molecule has 0 radical (unpaired) electrons. The Hall–Kier alpha value is -0.610. The van der Waals surface area contributed by atoms with Gasteiger partial charge >= 0.3 is 0 Å². The number of pyridine rings is 1. The molecule has 3 unspecified atom stereocenters. The fourth-order valence-electron chi connectivity index (χ4n) is 2.38. The summed E-state index contributed by atoms with van der Waals surface area (Å²) in [6.07, 6.45) is 3.12. The van der Waals surface area contributed by atoms with Gasteiger partial charge in [0.2, 0.25) is 0 Å². The van der Waals surface area contributed by atoms with Gasteiger partial charge in [-0.3, -0.25) is 0 Å². The van der Waals surface area contributed by atoms with Gasteiger partial charge in [0.25, 0.3) is 0 Å². The molecule has 1 aliphatic carbocycles. The highest BCUT2D eigenvalue weighted by atomic mass is 79.9. The molecule has 5 heteroatoms. The molecule has 3 rings (SSSR count). The Kier molecular flexibility index (Phi) is 3.10. The van der Waals surface area contributed by atoms with Crippen molar-refractivity contribution in [2.75, 3.05) is 0 Å². The number of rotatable bonds is 3. The monoisotopic (exact) mass is 327 g/mol. The molecule has 96 valence electrons. The van der Waals surface area contributed by atoms with E-state index in [0.717, 1.165) is 39.8 Å². The van der Waals surface area contributed by atoms with E-state index in [1.54, 1.807) is 0 Å². The zero-order chi connectivity index (χ0) is 12.9. The van der Waals surface area contributed by atoms with E-state index in [1.807, 2.05) is 19.2 Å². The Morgan fingerprint density at radius 2 is 2.33 bits per heavy atom. The summed E-state index contributed by atoms with van der Waals surface area (Å²) in [5, 5.41) is -0.0907. The van der Waals surface area contributed by atoms with Gasteiger partial charge in [-0.15, -0.1) is 11.6 Å². The second kappa shape index (κ2) is 4.49. The molecule has 0 spiro atoms. The summed E-state index contributed by atoms with van der Waals surface area (Å²) in [7, 11) is 0. The van der Waals surface area contributed by atoms with Crippen molar-refractivity contribution in [3.8, 4) is 0 Å². The highest BCUT2D eigenvalue weighted by Gasteiger charge is 2.34. The molecule has 3 nitrogen and oxygen atoms in total. The van der Waals surface area contributed by atoms with Crippen LogP contribution < -0.4 is 0 Å². The third-order valence-corrected chi connectivity index (χ3v) is 4.26. The van der Waals surface area contributed by atoms with Crippen LogP contribution in [-0.4, -0.2) is 14.5 Å². The van der Waals surface area contributed by atoms with Crippen molar-refractivity contribution in [3.05, 3.63) is 22.6 Å². The summed E-state index contributed by atoms with van der Waals surface area (Å²) in [5.74, 6) is 2.50. The fourth-order valence-corrected chi connectivity index (χ4v) is 2.86. The fraction of sp³-hybridized carbons (Fsp3) is 0.538. The van der Waals surface area contributed by atoms with E-state index in [0.29, 0.717) is 0 Å². The maximum Gasteiger partial charge on any atom is 0.160 e. The van der Waals surface area contributed by atoms with E-state index in [4.69, 9.17) is 11.6 Å². The quantitative estimate of drug-likeness (QED) is 0.792. The topological polar surface area (TPSA) is 30.7 Å². The highest BCUT2D eigenvalue weighted by Crippen LogP contribution is 2.40. The van der Waals surface area contributed by atoms with Gasteiger partial charge in [-0.1, -0.05) is 6.92 Å². The lowest BCUT2D eigenvalue weighted by atomic mass is 10.3. The van der Waals surface area contributed by atoms with Crippen LogP contribution in [0.5, 0.6) is 0 Å². The van der Waals surface area contributed by atoms with Gasteiger partial charge in [-0.2, -0.15) is 0 Å². The molecule has 0 saturated heterocycles. The first-order valence-electron chi connectivity index (χ1n) is 6.22. The molecule has 0 aromatic carbocycles. The van der Waals surface area contributed by atoms with E-state index in [-0.39, 0.29) is 5.38 Å². The lowest BCUT2D eigenvalue weighted by Gasteiger charge is -2.09. The number of hydrogen-bond donors (Lipinski definition) is 0. The van der Waals surface area contributed by atoms with Crippen molar-refractivity contribution in [2.24, 2.45) is 11.8 Å². The number of aromatic nitrogens is 3. The van der Waals surface area contributed by atoms with Gasteiger partial charge < -0.3 is 4.57 Å². The first-order chi connectivity index (χ1) is 8.56. The first-order valence-corrected chi connectivity index (χ1v) is 7.45. The van der Waals surface area contributed by atoms with Crippen molar-refractivity contribution >= 4 is 38.7 Å². The van der Waals surface area contributed by atoms with Crippen LogP contribution in [0.1, 0.15) is 31.5 Å². The number of nitrogens with zero attached hydrogens (tertiary/aromatic N) is 3. The zero-order valence-electron chi connectivity index (χ0n) is 10.4. The third-order valence-electron chi connectivity index (χ3n) is 3.63. The van der Waals surface area contributed by atoms with Gasteiger partial charge in [0.05, 0.1) is 5.38 Å². The minimum absolute atomic E-state index is 0.0907. The Morgan fingerprint density at radius 1 is 1.61 bits per heavy atom. The molecular weight excluding hydrogens is 314 g/mol. The minimum Gasteiger partial charge on any atom is -0.311 e. The first kappa shape index (κ1) is 12.4. The van der Waals surface area contributed by atoms with Crippen LogP contribution in [0, 0.1) is 11.8 Å². The van der Waals surface area contributed by atoms with Crippen molar-refractivity contribution in [2.45, 2.75) is 32.2 Å². The highest BCUT2D eigenvalue weighted by molar-refractivity contribution is 9.10. The molecule has 2 heterocycles. The molecule has 0 aliphatic heterocycles. The SMILES string of the molecule is CC(Cl)c1nc2cc(Br)cnc2n1CC1CC1C. The largest absolute Gasteiger partial charge is 0.311 e. The Balaban J connectivity index is 2.09. The molecule has 2 aromatic rings. The number of alkyl halides is 1. The summed E-state index contributed by atoms with van der Waals surface area (Å²) < 4.78 is 3.14. The maximum absolute atomic E-state index is 6.24.